The number of ether oxygens (including phenoxy) is 1. The van der Waals surface area contributed by atoms with Crippen LogP contribution in [0.2, 0.25) is 0 Å². The minimum Gasteiger partial charge on any atom is -0.449 e. The highest BCUT2D eigenvalue weighted by molar-refractivity contribution is 5.93. The number of rotatable bonds is 6. The van der Waals surface area contributed by atoms with Gasteiger partial charge in [-0.2, -0.15) is 0 Å². The average Bonchev–Trinajstić information content (AvgIpc) is 3.34. The van der Waals surface area contributed by atoms with Gasteiger partial charge < -0.3 is 15.0 Å². The fourth-order valence-corrected chi connectivity index (χ4v) is 3.69. The van der Waals surface area contributed by atoms with Gasteiger partial charge in [-0.25, -0.2) is 4.79 Å². The zero-order valence-corrected chi connectivity index (χ0v) is 15.5. The number of nitrogens with zero attached hydrogens (tertiary/aromatic N) is 2. The number of carbonyl (C=O) groups excluding carboxylic acids is 2. The minimum absolute atomic E-state index is 0.0742. The SMILES string of the molecule is C[C@@H](OC(=O)c1ccc(N2CCCC2)c([N+](=O)[O-])c1)C(=O)NC1CCCC1. The standard InChI is InChI=1S/C19H25N3O5/c1-13(18(23)20-15-6-2-3-7-15)27-19(24)14-8-9-16(17(12-14)22(25)26)21-10-4-5-11-21/h8-9,12-13,15H,2-7,10-11H2,1H3,(H,20,23)/t13-/m1/s1. The maximum Gasteiger partial charge on any atom is 0.339 e. The molecule has 1 saturated carbocycles. The van der Waals surface area contributed by atoms with Crippen LogP contribution in [0.25, 0.3) is 0 Å². The first kappa shape index (κ1) is 19.1. The molecule has 1 saturated heterocycles. The first-order chi connectivity index (χ1) is 13.0. The van der Waals surface area contributed by atoms with E-state index in [1.165, 1.54) is 19.1 Å². The molecule has 1 aliphatic carbocycles. The largest absolute Gasteiger partial charge is 0.449 e. The van der Waals surface area contributed by atoms with Crippen LogP contribution in [-0.4, -0.2) is 42.0 Å². The van der Waals surface area contributed by atoms with E-state index in [1.54, 1.807) is 6.07 Å². The van der Waals surface area contributed by atoms with Crippen molar-refractivity contribution in [3.63, 3.8) is 0 Å². The van der Waals surface area contributed by atoms with E-state index >= 15 is 0 Å². The molecule has 0 spiro atoms. The number of esters is 1. The van der Waals surface area contributed by atoms with Crippen LogP contribution in [-0.2, 0) is 9.53 Å². The highest BCUT2D eigenvalue weighted by atomic mass is 16.6. The van der Waals surface area contributed by atoms with Crippen molar-refractivity contribution >= 4 is 23.3 Å². The molecule has 0 unspecified atom stereocenters. The highest BCUT2D eigenvalue weighted by Gasteiger charge is 2.27. The molecule has 8 heteroatoms. The third kappa shape index (κ3) is 4.56. The predicted molar refractivity (Wildman–Crippen MR) is 99.8 cm³/mol. The molecular formula is C19H25N3O5. The summed E-state index contributed by atoms with van der Waals surface area (Å²) < 4.78 is 5.22. The Labute approximate surface area is 158 Å². The monoisotopic (exact) mass is 375 g/mol. The van der Waals surface area contributed by atoms with Gasteiger partial charge in [-0.15, -0.1) is 0 Å². The van der Waals surface area contributed by atoms with Crippen molar-refractivity contribution in [1.29, 1.82) is 0 Å². The topological polar surface area (TPSA) is 102 Å². The highest BCUT2D eigenvalue weighted by Crippen LogP contribution is 2.32. The Hall–Kier alpha value is -2.64. The van der Waals surface area contributed by atoms with E-state index in [1.807, 2.05) is 4.90 Å². The molecule has 3 rings (SSSR count). The molecule has 1 aliphatic heterocycles. The van der Waals surface area contributed by atoms with E-state index in [2.05, 4.69) is 5.32 Å². The molecule has 0 bridgehead atoms. The lowest BCUT2D eigenvalue weighted by Crippen LogP contribution is -2.40. The third-order valence-electron chi connectivity index (χ3n) is 5.21. The van der Waals surface area contributed by atoms with E-state index in [9.17, 15) is 19.7 Å². The molecule has 27 heavy (non-hydrogen) atoms. The fourth-order valence-electron chi connectivity index (χ4n) is 3.69. The fraction of sp³-hybridized carbons (Fsp3) is 0.579. The lowest BCUT2D eigenvalue weighted by molar-refractivity contribution is -0.384. The van der Waals surface area contributed by atoms with Gasteiger partial charge in [0, 0.05) is 25.2 Å². The summed E-state index contributed by atoms with van der Waals surface area (Å²) in [4.78, 5) is 37.4. The first-order valence-electron chi connectivity index (χ1n) is 9.50. The summed E-state index contributed by atoms with van der Waals surface area (Å²) in [6.07, 6.45) is 5.10. The van der Waals surface area contributed by atoms with Crippen molar-refractivity contribution in [3.05, 3.63) is 33.9 Å². The van der Waals surface area contributed by atoms with Gasteiger partial charge in [0.05, 0.1) is 10.5 Å². The molecule has 146 valence electrons. The Bertz CT molecular complexity index is 724. The van der Waals surface area contributed by atoms with Gasteiger partial charge in [0.1, 0.15) is 5.69 Å². The van der Waals surface area contributed by atoms with Gasteiger partial charge >= 0.3 is 5.97 Å². The molecule has 1 N–H and O–H groups in total. The molecule has 1 heterocycles. The zero-order valence-electron chi connectivity index (χ0n) is 15.5. The number of benzene rings is 1. The van der Waals surface area contributed by atoms with Gasteiger partial charge in [-0.05, 0) is 44.7 Å². The van der Waals surface area contributed by atoms with Crippen molar-refractivity contribution < 1.29 is 19.2 Å². The quantitative estimate of drug-likeness (QED) is 0.466. The molecule has 0 radical (unpaired) electrons. The molecule has 2 aliphatic rings. The van der Waals surface area contributed by atoms with Crippen molar-refractivity contribution in [1.82, 2.24) is 5.32 Å². The number of anilines is 1. The summed E-state index contributed by atoms with van der Waals surface area (Å²) in [5, 5.41) is 14.3. The number of hydrogen-bond donors (Lipinski definition) is 1. The molecule has 8 nitrogen and oxygen atoms in total. The number of carbonyl (C=O) groups is 2. The summed E-state index contributed by atoms with van der Waals surface area (Å²) >= 11 is 0. The number of nitrogens with one attached hydrogen (secondary N) is 1. The van der Waals surface area contributed by atoms with Crippen LogP contribution in [0.5, 0.6) is 0 Å². The van der Waals surface area contributed by atoms with E-state index in [0.717, 1.165) is 51.6 Å². The predicted octanol–water partition coefficient (Wildman–Crippen LogP) is 2.80. The maximum absolute atomic E-state index is 12.4. The van der Waals surface area contributed by atoms with E-state index in [0.29, 0.717) is 5.69 Å². The summed E-state index contributed by atoms with van der Waals surface area (Å²) in [5.74, 6) is -1.07. The Kier molecular flexibility index (Phi) is 5.93. The molecule has 1 aromatic carbocycles. The molecular weight excluding hydrogens is 350 g/mol. The molecule has 1 atom stereocenters. The van der Waals surface area contributed by atoms with Crippen LogP contribution in [0.3, 0.4) is 0 Å². The number of nitro groups is 1. The summed E-state index contributed by atoms with van der Waals surface area (Å²) in [5.41, 5.74) is 0.473. The maximum atomic E-state index is 12.4. The van der Waals surface area contributed by atoms with Crippen LogP contribution in [0.4, 0.5) is 11.4 Å². The van der Waals surface area contributed by atoms with Crippen molar-refractivity contribution in [3.8, 4) is 0 Å². The minimum atomic E-state index is -0.949. The van der Waals surface area contributed by atoms with Crippen LogP contribution in [0.15, 0.2) is 18.2 Å². The summed E-state index contributed by atoms with van der Waals surface area (Å²) in [6, 6.07) is 4.48. The van der Waals surface area contributed by atoms with Gasteiger partial charge in [-0.3, -0.25) is 14.9 Å². The lowest BCUT2D eigenvalue weighted by Gasteiger charge is -2.19. The molecule has 1 aromatic rings. The molecule has 2 fully saturated rings. The second-order valence-electron chi connectivity index (χ2n) is 7.19. The summed E-state index contributed by atoms with van der Waals surface area (Å²) in [6.45, 7) is 3.04. The summed E-state index contributed by atoms with van der Waals surface area (Å²) in [7, 11) is 0. The number of amides is 1. The Balaban J connectivity index is 1.67. The first-order valence-corrected chi connectivity index (χ1v) is 9.50. The molecule has 1 amide bonds. The number of nitro benzene ring substituents is 1. The second kappa shape index (κ2) is 8.37. The van der Waals surface area contributed by atoms with E-state index in [-0.39, 0.29) is 23.2 Å². The van der Waals surface area contributed by atoms with Crippen molar-refractivity contribution in [2.75, 3.05) is 18.0 Å². The van der Waals surface area contributed by atoms with E-state index in [4.69, 9.17) is 4.74 Å². The Morgan fingerprint density at radius 2 is 1.89 bits per heavy atom. The van der Waals surface area contributed by atoms with Crippen molar-refractivity contribution in [2.24, 2.45) is 0 Å². The Morgan fingerprint density at radius 1 is 1.22 bits per heavy atom. The second-order valence-corrected chi connectivity index (χ2v) is 7.19. The zero-order chi connectivity index (χ0) is 19.4. The van der Waals surface area contributed by atoms with Crippen LogP contribution in [0, 0.1) is 10.1 Å². The Morgan fingerprint density at radius 3 is 2.52 bits per heavy atom. The van der Waals surface area contributed by atoms with E-state index < -0.39 is 17.0 Å². The van der Waals surface area contributed by atoms with Crippen LogP contribution in [0.1, 0.15) is 55.8 Å². The van der Waals surface area contributed by atoms with Gasteiger partial charge in [0.2, 0.25) is 0 Å². The smallest absolute Gasteiger partial charge is 0.339 e. The third-order valence-corrected chi connectivity index (χ3v) is 5.21. The number of hydrogen-bond acceptors (Lipinski definition) is 6. The van der Waals surface area contributed by atoms with Gasteiger partial charge in [0.25, 0.3) is 11.6 Å². The van der Waals surface area contributed by atoms with Crippen molar-refractivity contribution in [2.45, 2.75) is 57.6 Å². The van der Waals surface area contributed by atoms with Crippen LogP contribution >= 0.6 is 0 Å². The lowest BCUT2D eigenvalue weighted by atomic mass is 10.1. The van der Waals surface area contributed by atoms with Gasteiger partial charge in [-0.1, -0.05) is 12.8 Å². The van der Waals surface area contributed by atoms with Gasteiger partial charge in [0.15, 0.2) is 6.10 Å². The normalized spacial score (nSPS) is 18.3. The van der Waals surface area contributed by atoms with Crippen LogP contribution < -0.4 is 10.2 Å². The average molecular weight is 375 g/mol. The molecule has 0 aromatic heterocycles.